The standard InChI is InChI=1S/C15H21NO4/c1-10(2)11-4-6-12(7-5-11)14(15(19)20)16(3)9-8-13(17)18/h4-7,10,14H,8-9H2,1-3H3,(H,17,18)(H,19,20). The molecule has 0 saturated carbocycles. The zero-order valence-electron chi connectivity index (χ0n) is 12.0. The van der Waals surface area contributed by atoms with Crippen LogP contribution in [0.2, 0.25) is 0 Å². The summed E-state index contributed by atoms with van der Waals surface area (Å²) in [6.45, 7) is 4.34. The lowest BCUT2D eigenvalue weighted by Crippen LogP contribution is -2.32. The number of hydrogen-bond acceptors (Lipinski definition) is 3. The van der Waals surface area contributed by atoms with Crippen LogP contribution >= 0.6 is 0 Å². The molecular weight excluding hydrogens is 258 g/mol. The van der Waals surface area contributed by atoms with Crippen molar-refractivity contribution in [3.8, 4) is 0 Å². The van der Waals surface area contributed by atoms with Crippen molar-refractivity contribution in [2.75, 3.05) is 13.6 Å². The Labute approximate surface area is 118 Å². The van der Waals surface area contributed by atoms with Crippen LogP contribution in [0.5, 0.6) is 0 Å². The highest BCUT2D eigenvalue weighted by Crippen LogP contribution is 2.23. The van der Waals surface area contributed by atoms with Gasteiger partial charge in [0.1, 0.15) is 6.04 Å². The maximum Gasteiger partial charge on any atom is 0.325 e. The van der Waals surface area contributed by atoms with E-state index in [-0.39, 0.29) is 13.0 Å². The van der Waals surface area contributed by atoms with Crippen LogP contribution in [-0.4, -0.2) is 40.6 Å². The maximum atomic E-state index is 11.4. The highest BCUT2D eigenvalue weighted by atomic mass is 16.4. The molecule has 5 nitrogen and oxygen atoms in total. The van der Waals surface area contributed by atoms with Gasteiger partial charge in [-0.05, 0) is 24.1 Å². The Hall–Kier alpha value is -1.88. The van der Waals surface area contributed by atoms with Gasteiger partial charge in [-0.25, -0.2) is 0 Å². The van der Waals surface area contributed by atoms with Gasteiger partial charge >= 0.3 is 11.9 Å². The lowest BCUT2D eigenvalue weighted by Gasteiger charge is -2.24. The number of likely N-dealkylation sites (N-methyl/N-ethyl adjacent to an activating group) is 1. The molecule has 5 heteroatoms. The number of benzene rings is 1. The Morgan fingerprint density at radius 2 is 1.60 bits per heavy atom. The van der Waals surface area contributed by atoms with Crippen LogP contribution in [0, 0.1) is 0 Å². The second kappa shape index (κ2) is 7.05. The van der Waals surface area contributed by atoms with Gasteiger partial charge in [0.05, 0.1) is 6.42 Å². The number of rotatable bonds is 7. The minimum Gasteiger partial charge on any atom is -0.481 e. The van der Waals surface area contributed by atoms with Crippen LogP contribution in [0.4, 0.5) is 0 Å². The van der Waals surface area contributed by atoms with Gasteiger partial charge in [-0.15, -0.1) is 0 Å². The van der Waals surface area contributed by atoms with Gasteiger partial charge in [0, 0.05) is 6.54 Å². The summed E-state index contributed by atoms with van der Waals surface area (Å²) >= 11 is 0. The second-order valence-electron chi connectivity index (χ2n) is 5.19. The van der Waals surface area contributed by atoms with Gasteiger partial charge in [0.2, 0.25) is 0 Å². The molecule has 2 N–H and O–H groups in total. The van der Waals surface area contributed by atoms with Gasteiger partial charge in [-0.1, -0.05) is 38.1 Å². The SMILES string of the molecule is CC(C)c1ccc(C(C(=O)O)N(C)CCC(=O)O)cc1. The summed E-state index contributed by atoms with van der Waals surface area (Å²) in [7, 11) is 1.62. The Morgan fingerprint density at radius 1 is 1.10 bits per heavy atom. The molecule has 0 aromatic heterocycles. The van der Waals surface area contributed by atoms with E-state index in [1.807, 2.05) is 12.1 Å². The molecule has 1 aromatic carbocycles. The molecule has 0 amide bonds. The first-order chi connectivity index (χ1) is 9.32. The van der Waals surface area contributed by atoms with Crippen LogP contribution in [0.1, 0.15) is 43.4 Å². The first kappa shape index (κ1) is 16.2. The Morgan fingerprint density at radius 3 is 2.00 bits per heavy atom. The summed E-state index contributed by atoms with van der Waals surface area (Å²) in [6.07, 6.45) is -0.0790. The highest BCUT2D eigenvalue weighted by Gasteiger charge is 2.24. The maximum absolute atomic E-state index is 11.4. The zero-order chi connectivity index (χ0) is 15.3. The lowest BCUT2D eigenvalue weighted by molar-refractivity contribution is -0.144. The Balaban J connectivity index is 2.90. The average Bonchev–Trinajstić information content (AvgIpc) is 2.36. The van der Waals surface area contributed by atoms with E-state index in [0.717, 1.165) is 5.56 Å². The molecular formula is C15H21NO4. The third-order valence-corrected chi connectivity index (χ3v) is 3.27. The van der Waals surface area contributed by atoms with E-state index in [1.165, 1.54) is 0 Å². The van der Waals surface area contributed by atoms with Crippen molar-refractivity contribution in [2.45, 2.75) is 32.2 Å². The topological polar surface area (TPSA) is 77.8 Å². The third kappa shape index (κ3) is 4.35. The summed E-state index contributed by atoms with van der Waals surface area (Å²) in [5.41, 5.74) is 1.81. The highest BCUT2D eigenvalue weighted by molar-refractivity contribution is 5.75. The van der Waals surface area contributed by atoms with Crippen molar-refractivity contribution in [1.29, 1.82) is 0 Å². The van der Waals surface area contributed by atoms with E-state index < -0.39 is 18.0 Å². The summed E-state index contributed by atoms with van der Waals surface area (Å²) in [4.78, 5) is 23.5. The van der Waals surface area contributed by atoms with Crippen molar-refractivity contribution in [1.82, 2.24) is 4.90 Å². The number of carbonyl (C=O) groups is 2. The molecule has 20 heavy (non-hydrogen) atoms. The quantitative estimate of drug-likeness (QED) is 0.801. The average molecular weight is 279 g/mol. The summed E-state index contributed by atoms with van der Waals surface area (Å²) in [5, 5.41) is 18.0. The smallest absolute Gasteiger partial charge is 0.325 e. The Bertz CT molecular complexity index is 467. The first-order valence-corrected chi connectivity index (χ1v) is 6.57. The number of hydrogen-bond donors (Lipinski definition) is 2. The monoisotopic (exact) mass is 279 g/mol. The van der Waals surface area contributed by atoms with Crippen LogP contribution in [0.15, 0.2) is 24.3 Å². The molecule has 1 aromatic rings. The molecule has 0 bridgehead atoms. The van der Waals surface area contributed by atoms with Crippen molar-refractivity contribution in [3.63, 3.8) is 0 Å². The van der Waals surface area contributed by atoms with Gasteiger partial charge < -0.3 is 10.2 Å². The second-order valence-corrected chi connectivity index (χ2v) is 5.19. The fraction of sp³-hybridized carbons (Fsp3) is 0.467. The summed E-state index contributed by atoms with van der Waals surface area (Å²) in [5.74, 6) is -1.52. The molecule has 0 spiro atoms. The summed E-state index contributed by atoms with van der Waals surface area (Å²) < 4.78 is 0. The van der Waals surface area contributed by atoms with E-state index in [4.69, 9.17) is 5.11 Å². The Kier molecular flexibility index (Phi) is 5.70. The number of nitrogens with zero attached hydrogens (tertiary/aromatic N) is 1. The fourth-order valence-electron chi connectivity index (χ4n) is 2.05. The van der Waals surface area contributed by atoms with E-state index in [1.54, 1.807) is 24.1 Å². The van der Waals surface area contributed by atoms with Crippen molar-refractivity contribution < 1.29 is 19.8 Å². The van der Waals surface area contributed by atoms with E-state index in [2.05, 4.69) is 13.8 Å². The first-order valence-electron chi connectivity index (χ1n) is 6.57. The molecule has 0 aliphatic rings. The van der Waals surface area contributed by atoms with Crippen molar-refractivity contribution in [3.05, 3.63) is 35.4 Å². The van der Waals surface area contributed by atoms with E-state index in [0.29, 0.717) is 11.5 Å². The molecule has 0 heterocycles. The molecule has 1 atom stereocenters. The lowest BCUT2D eigenvalue weighted by atomic mass is 9.98. The third-order valence-electron chi connectivity index (χ3n) is 3.27. The number of carboxylic acid groups (broad SMARTS) is 2. The predicted octanol–water partition coefficient (Wildman–Crippen LogP) is 2.34. The molecule has 0 saturated heterocycles. The molecule has 0 aliphatic heterocycles. The molecule has 1 rings (SSSR count). The van der Waals surface area contributed by atoms with Gasteiger partial charge in [0.25, 0.3) is 0 Å². The van der Waals surface area contributed by atoms with Crippen LogP contribution in [0.3, 0.4) is 0 Å². The van der Waals surface area contributed by atoms with Gasteiger partial charge in [-0.3, -0.25) is 14.5 Å². The molecule has 0 radical (unpaired) electrons. The number of aliphatic carboxylic acids is 2. The van der Waals surface area contributed by atoms with E-state index in [9.17, 15) is 14.7 Å². The van der Waals surface area contributed by atoms with Crippen LogP contribution in [0.25, 0.3) is 0 Å². The molecule has 1 unspecified atom stereocenters. The zero-order valence-corrected chi connectivity index (χ0v) is 12.0. The fourth-order valence-corrected chi connectivity index (χ4v) is 2.05. The minimum atomic E-state index is -0.977. The van der Waals surface area contributed by atoms with Crippen LogP contribution < -0.4 is 0 Å². The molecule has 0 fully saturated rings. The minimum absolute atomic E-state index is 0.0790. The predicted molar refractivity (Wildman–Crippen MR) is 75.8 cm³/mol. The summed E-state index contributed by atoms with van der Waals surface area (Å²) in [6, 6.07) is 6.61. The van der Waals surface area contributed by atoms with Gasteiger partial charge in [-0.2, -0.15) is 0 Å². The van der Waals surface area contributed by atoms with Crippen LogP contribution in [-0.2, 0) is 9.59 Å². The molecule has 110 valence electrons. The van der Waals surface area contributed by atoms with Gasteiger partial charge in [0.15, 0.2) is 0 Å². The largest absolute Gasteiger partial charge is 0.481 e. The van der Waals surface area contributed by atoms with Crippen molar-refractivity contribution >= 4 is 11.9 Å². The normalized spacial score (nSPS) is 12.7. The molecule has 0 aliphatic carbocycles. The van der Waals surface area contributed by atoms with Crippen molar-refractivity contribution in [2.24, 2.45) is 0 Å². The number of carboxylic acids is 2. The van der Waals surface area contributed by atoms with E-state index >= 15 is 0 Å².